The number of hydrogen-bond acceptors (Lipinski definition) is 3. The molecule has 0 aromatic heterocycles. The highest BCUT2D eigenvalue weighted by Crippen LogP contribution is 2.30. The van der Waals surface area contributed by atoms with Gasteiger partial charge in [0, 0.05) is 13.0 Å². The van der Waals surface area contributed by atoms with Crippen LogP contribution >= 0.6 is 0 Å². The van der Waals surface area contributed by atoms with Crippen molar-refractivity contribution in [2.45, 2.75) is 58.7 Å². The van der Waals surface area contributed by atoms with Crippen LogP contribution in [0.5, 0.6) is 5.75 Å². The normalized spacial score (nSPS) is 13.3. The number of aliphatic hydroxyl groups is 1. The van der Waals surface area contributed by atoms with E-state index in [2.05, 4.69) is 19.9 Å². The Morgan fingerprint density at radius 1 is 1.20 bits per heavy atom. The summed E-state index contributed by atoms with van der Waals surface area (Å²) in [5, 5.41) is 10.7. The minimum Gasteiger partial charge on any atom is -0.496 e. The van der Waals surface area contributed by atoms with Gasteiger partial charge in [-0.25, -0.2) is 0 Å². The summed E-state index contributed by atoms with van der Waals surface area (Å²) in [6, 6.07) is 6.05. The first-order chi connectivity index (χ1) is 9.52. The van der Waals surface area contributed by atoms with Crippen LogP contribution in [0.25, 0.3) is 0 Å². The average molecular weight is 280 g/mol. The van der Waals surface area contributed by atoms with E-state index in [0.717, 1.165) is 24.2 Å². The van der Waals surface area contributed by atoms with E-state index < -0.39 is 11.7 Å². The quantitative estimate of drug-likeness (QED) is 0.792. The van der Waals surface area contributed by atoms with E-state index in [1.165, 1.54) is 5.56 Å². The third kappa shape index (κ3) is 3.74. The Hall–Kier alpha value is -1.06. The maximum atomic E-state index is 10.7. The zero-order valence-corrected chi connectivity index (χ0v) is 13.4. The summed E-state index contributed by atoms with van der Waals surface area (Å²) in [7, 11) is 1.66. The minimum absolute atomic E-state index is 0.469. The van der Waals surface area contributed by atoms with E-state index in [1.807, 2.05) is 26.0 Å². The summed E-state index contributed by atoms with van der Waals surface area (Å²) in [6.45, 7) is 8.76. The number of benzene rings is 1. The summed E-state index contributed by atoms with van der Waals surface area (Å²) < 4.78 is 11.3. The van der Waals surface area contributed by atoms with Crippen molar-refractivity contribution in [3.8, 4) is 5.75 Å². The van der Waals surface area contributed by atoms with Crippen LogP contribution in [0.1, 0.15) is 44.7 Å². The first kappa shape index (κ1) is 17.0. The van der Waals surface area contributed by atoms with E-state index in [4.69, 9.17) is 9.47 Å². The van der Waals surface area contributed by atoms with E-state index >= 15 is 0 Å². The number of methoxy groups -OCH3 is 1. The Bertz CT molecular complexity index is 411. The average Bonchev–Trinajstić information content (AvgIpc) is 2.45. The fourth-order valence-electron chi connectivity index (χ4n) is 2.77. The molecule has 3 heteroatoms. The third-order valence-corrected chi connectivity index (χ3v) is 4.09. The Kier molecular flexibility index (Phi) is 6.50. The highest BCUT2D eigenvalue weighted by molar-refractivity contribution is 5.37. The molecule has 1 N–H and O–H groups in total. The van der Waals surface area contributed by atoms with Gasteiger partial charge >= 0.3 is 0 Å². The van der Waals surface area contributed by atoms with Gasteiger partial charge in [-0.05, 0) is 38.3 Å². The van der Waals surface area contributed by atoms with Gasteiger partial charge in [0.25, 0.3) is 0 Å². The van der Waals surface area contributed by atoms with Gasteiger partial charge in [-0.15, -0.1) is 0 Å². The van der Waals surface area contributed by atoms with Crippen LogP contribution in [-0.2, 0) is 11.2 Å². The van der Waals surface area contributed by atoms with Crippen molar-refractivity contribution in [3.05, 3.63) is 29.3 Å². The molecule has 1 aromatic rings. The molecule has 0 aliphatic rings. The lowest BCUT2D eigenvalue weighted by Crippen LogP contribution is -2.45. The highest BCUT2D eigenvalue weighted by Gasteiger charge is 2.35. The molecule has 0 aliphatic carbocycles. The first-order valence-electron chi connectivity index (χ1n) is 7.48. The summed E-state index contributed by atoms with van der Waals surface area (Å²) >= 11 is 0. The van der Waals surface area contributed by atoms with E-state index in [9.17, 15) is 5.11 Å². The van der Waals surface area contributed by atoms with Gasteiger partial charge in [0.1, 0.15) is 5.75 Å². The molecule has 0 saturated carbocycles. The van der Waals surface area contributed by atoms with Gasteiger partial charge in [-0.3, -0.25) is 0 Å². The molecule has 1 atom stereocenters. The van der Waals surface area contributed by atoms with Crippen molar-refractivity contribution in [1.82, 2.24) is 0 Å². The Morgan fingerprint density at radius 2 is 1.85 bits per heavy atom. The zero-order valence-electron chi connectivity index (χ0n) is 13.4. The van der Waals surface area contributed by atoms with E-state index in [-0.39, 0.29) is 0 Å². The lowest BCUT2D eigenvalue weighted by Gasteiger charge is -2.36. The fraction of sp³-hybridized carbons (Fsp3) is 0.647. The third-order valence-electron chi connectivity index (χ3n) is 4.09. The molecular weight excluding hydrogens is 252 g/mol. The molecule has 20 heavy (non-hydrogen) atoms. The number of ether oxygens (including phenoxy) is 2. The fourth-order valence-corrected chi connectivity index (χ4v) is 2.77. The lowest BCUT2D eigenvalue weighted by atomic mass is 9.86. The van der Waals surface area contributed by atoms with E-state index in [1.54, 1.807) is 7.11 Å². The summed E-state index contributed by atoms with van der Waals surface area (Å²) in [5.41, 5.74) is 1.73. The molecule has 1 unspecified atom stereocenters. The van der Waals surface area contributed by atoms with Crippen LogP contribution in [0.4, 0.5) is 0 Å². The number of aliphatic hydroxyl groups excluding tert-OH is 1. The van der Waals surface area contributed by atoms with Crippen LogP contribution in [0.2, 0.25) is 0 Å². The van der Waals surface area contributed by atoms with Gasteiger partial charge < -0.3 is 14.6 Å². The van der Waals surface area contributed by atoms with Crippen molar-refractivity contribution in [2.24, 2.45) is 0 Å². The Labute approximate surface area is 122 Å². The second-order valence-electron chi connectivity index (χ2n) is 5.24. The lowest BCUT2D eigenvalue weighted by molar-refractivity contribution is -0.124. The maximum absolute atomic E-state index is 10.7. The monoisotopic (exact) mass is 280 g/mol. The van der Waals surface area contributed by atoms with Crippen LogP contribution < -0.4 is 4.74 Å². The van der Waals surface area contributed by atoms with Crippen molar-refractivity contribution in [1.29, 1.82) is 0 Å². The predicted molar refractivity (Wildman–Crippen MR) is 82.4 cm³/mol. The summed E-state index contributed by atoms with van der Waals surface area (Å²) in [6.07, 6.45) is 1.61. The highest BCUT2D eigenvalue weighted by atomic mass is 16.5. The largest absolute Gasteiger partial charge is 0.496 e. The molecule has 0 heterocycles. The van der Waals surface area contributed by atoms with Crippen LogP contribution in [0, 0.1) is 6.92 Å². The predicted octanol–water partition coefficient (Wildman–Crippen LogP) is 3.50. The molecule has 0 fully saturated rings. The summed E-state index contributed by atoms with van der Waals surface area (Å²) in [4.78, 5) is 0. The molecule has 0 radical (unpaired) electrons. The Balaban J connectivity index is 2.98. The second-order valence-corrected chi connectivity index (χ2v) is 5.24. The van der Waals surface area contributed by atoms with Crippen molar-refractivity contribution in [2.75, 3.05) is 13.7 Å². The molecule has 1 aromatic carbocycles. The first-order valence-corrected chi connectivity index (χ1v) is 7.48. The maximum Gasteiger partial charge on any atom is 0.122 e. The molecular formula is C17H28O3. The molecule has 114 valence electrons. The number of rotatable bonds is 8. The SMILES string of the molecule is CCOC(CC)(CC)C(O)Cc1cc(C)ccc1OC. The molecule has 1 rings (SSSR count). The van der Waals surface area contributed by atoms with Gasteiger partial charge in [0.05, 0.1) is 18.8 Å². The van der Waals surface area contributed by atoms with Gasteiger partial charge in [-0.2, -0.15) is 0 Å². The van der Waals surface area contributed by atoms with Crippen LogP contribution in [-0.4, -0.2) is 30.5 Å². The van der Waals surface area contributed by atoms with Crippen molar-refractivity contribution >= 4 is 0 Å². The second kappa shape index (κ2) is 7.65. The minimum atomic E-state index is -0.534. The number of aryl methyl sites for hydroxylation is 1. The van der Waals surface area contributed by atoms with Crippen molar-refractivity contribution < 1.29 is 14.6 Å². The molecule has 0 spiro atoms. The standard InChI is InChI=1S/C17H28O3/c1-6-17(7-2,20-8-3)16(18)12-14-11-13(4)9-10-15(14)19-5/h9-11,16,18H,6-8,12H2,1-5H3. The zero-order chi connectivity index (χ0) is 15.2. The number of hydrogen-bond donors (Lipinski definition) is 1. The smallest absolute Gasteiger partial charge is 0.122 e. The van der Waals surface area contributed by atoms with Crippen LogP contribution in [0.15, 0.2) is 18.2 Å². The van der Waals surface area contributed by atoms with Gasteiger partial charge in [0.15, 0.2) is 0 Å². The molecule has 0 saturated heterocycles. The topological polar surface area (TPSA) is 38.7 Å². The molecule has 0 aliphatic heterocycles. The molecule has 0 amide bonds. The van der Waals surface area contributed by atoms with Gasteiger partial charge in [-0.1, -0.05) is 31.5 Å². The van der Waals surface area contributed by atoms with Crippen molar-refractivity contribution in [3.63, 3.8) is 0 Å². The van der Waals surface area contributed by atoms with E-state index in [0.29, 0.717) is 13.0 Å². The van der Waals surface area contributed by atoms with Gasteiger partial charge in [0.2, 0.25) is 0 Å². The van der Waals surface area contributed by atoms with Crippen LogP contribution in [0.3, 0.4) is 0 Å². The molecule has 3 nitrogen and oxygen atoms in total. The molecule has 0 bridgehead atoms. The Morgan fingerprint density at radius 3 is 2.35 bits per heavy atom. The summed E-state index contributed by atoms with van der Waals surface area (Å²) in [5.74, 6) is 0.826.